The third kappa shape index (κ3) is 2.55. The van der Waals surface area contributed by atoms with Crippen LogP contribution in [0.3, 0.4) is 0 Å². The number of rotatable bonds is 3. The van der Waals surface area contributed by atoms with Gasteiger partial charge in [-0.25, -0.2) is 4.98 Å². The van der Waals surface area contributed by atoms with Crippen LogP contribution in [-0.4, -0.2) is 15.5 Å². The normalized spacial score (nSPS) is 14.0. The fourth-order valence-electron chi connectivity index (χ4n) is 3.26. The number of hydrogen-bond acceptors (Lipinski definition) is 3. The summed E-state index contributed by atoms with van der Waals surface area (Å²) in [5.74, 6) is 0.583. The first-order valence-corrected chi connectivity index (χ1v) is 8.96. The average Bonchev–Trinajstić information content (AvgIpc) is 3.15. The molecule has 4 nitrogen and oxygen atoms in total. The van der Waals surface area contributed by atoms with Gasteiger partial charge in [-0.3, -0.25) is 10.1 Å². The quantitative estimate of drug-likeness (QED) is 0.782. The van der Waals surface area contributed by atoms with Crippen molar-refractivity contribution in [3.8, 4) is 0 Å². The number of imidazole rings is 1. The maximum absolute atomic E-state index is 12.6. The highest BCUT2D eigenvalue weighted by Gasteiger charge is 2.19. The molecule has 1 amide bonds. The van der Waals surface area contributed by atoms with E-state index in [9.17, 15) is 4.79 Å². The lowest BCUT2D eigenvalue weighted by atomic mass is 9.99. The van der Waals surface area contributed by atoms with E-state index in [2.05, 4.69) is 23.3 Å². The standard InChI is InChI=1S/C18H19N3OS/c1-2-21-14-9-5-4-8-13(14)19-18(21)20-17(22)16-11-12-7-3-6-10-15(12)23-16/h4-5,8-9,11H,2-3,6-7,10H2,1H3,(H,19,20,22). The van der Waals surface area contributed by atoms with Crippen LogP contribution in [0.5, 0.6) is 0 Å². The number of thiophene rings is 1. The summed E-state index contributed by atoms with van der Waals surface area (Å²) >= 11 is 1.63. The molecule has 0 saturated carbocycles. The Morgan fingerprint density at radius 2 is 2.13 bits per heavy atom. The lowest BCUT2D eigenvalue weighted by Crippen LogP contribution is -2.14. The number of nitrogens with one attached hydrogen (secondary N) is 1. The van der Waals surface area contributed by atoms with Gasteiger partial charge in [-0.1, -0.05) is 12.1 Å². The Labute approximate surface area is 139 Å². The van der Waals surface area contributed by atoms with Crippen LogP contribution in [0, 0.1) is 0 Å². The SMILES string of the molecule is CCn1c(NC(=O)c2cc3c(s2)CCCC3)nc2ccccc21. The molecular weight excluding hydrogens is 306 g/mol. The number of benzene rings is 1. The van der Waals surface area contributed by atoms with Gasteiger partial charge in [0, 0.05) is 11.4 Å². The number of fused-ring (bicyclic) bond motifs is 2. The zero-order valence-electron chi connectivity index (χ0n) is 13.1. The molecule has 0 radical (unpaired) electrons. The largest absolute Gasteiger partial charge is 0.310 e. The molecule has 0 atom stereocenters. The predicted octanol–water partition coefficient (Wildman–Crippen LogP) is 4.25. The molecule has 4 rings (SSSR count). The van der Waals surface area contributed by atoms with Gasteiger partial charge < -0.3 is 4.57 Å². The second-order valence-corrected chi connectivity index (χ2v) is 7.03. The zero-order chi connectivity index (χ0) is 15.8. The summed E-state index contributed by atoms with van der Waals surface area (Å²) in [6.07, 6.45) is 4.68. The number of aromatic nitrogens is 2. The third-order valence-electron chi connectivity index (χ3n) is 4.42. The minimum atomic E-state index is -0.0468. The van der Waals surface area contributed by atoms with E-state index in [4.69, 9.17) is 0 Å². The van der Waals surface area contributed by atoms with Crippen molar-refractivity contribution in [2.24, 2.45) is 0 Å². The first kappa shape index (κ1) is 14.5. The summed E-state index contributed by atoms with van der Waals surface area (Å²) in [5, 5.41) is 3.00. The number of nitrogens with zero attached hydrogens (tertiary/aromatic N) is 2. The molecule has 23 heavy (non-hydrogen) atoms. The smallest absolute Gasteiger partial charge is 0.268 e. The highest BCUT2D eigenvalue weighted by molar-refractivity contribution is 7.14. The van der Waals surface area contributed by atoms with Gasteiger partial charge in [0.2, 0.25) is 5.95 Å². The molecular formula is C18H19N3OS. The average molecular weight is 325 g/mol. The second-order valence-electron chi connectivity index (χ2n) is 5.89. The number of carbonyl (C=O) groups is 1. The first-order chi connectivity index (χ1) is 11.3. The summed E-state index contributed by atoms with van der Waals surface area (Å²) < 4.78 is 2.04. The van der Waals surface area contributed by atoms with Gasteiger partial charge in [-0.15, -0.1) is 11.3 Å². The van der Waals surface area contributed by atoms with Crippen molar-refractivity contribution in [1.29, 1.82) is 0 Å². The summed E-state index contributed by atoms with van der Waals surface area (Å²) in [6, 6.07) is 10.0. The summed E-state index contributed by atoms with van der Waals surface area (Å²) in [6.45, 7) is 2.84. The van der Waals surface area contributed by atoms with Crippen LogP contribution in [-0.2, 0) is 19.4 Å². The van der Waals surface area contributed by atoms with Gasteiger partial charge >= 0.3 is 0 Å². The highest BCUT2D eigenvalue weighted by Crippen LogP contribution is 2.30. The zero-order valence-corrected chi connectivity index (χ0v) is 13.9. The Hall–Kier alpha value is -2.14. The van der Waals surface area contributed by atoms with E-state index in [0.29, 0.717) is 5.95 Å². The Bertz CT molecular complexity index is 854. The number of amides is 1. The van der Waals surface area contributed by atoms with Gasteiger partial charge in [-0.05, 0) is 56.4 Å². The molecule has 1 aliphatic carbocycles. The van der Waals surface area contributed by atoms with Gasteiger partial charge in [0.1, 0.15) is 0 Å². The maximum atomic E-state index is 12.6. The van der Waals surface area contributed by atoms with Crippen LogP contribution in [0.4, 0.5) is 5.95 Å². The summed E-state index contributed by atoms with van der Waals surface area (Å²) in [7, 11) is 0. The monoisotopic (exact) mass is 325 g/mol. The van der Waals surface area contributed by atoms with Crippen LogP contribution in [0.2, 0.25) is 0 Å². The summed E-state index contributed by atoms with van der Waals surface area (Å²) in [4.78, 5) is 19.4. The molecule has 1 N–H and O–H groups in total. The highest BCUT2D eigenvalue weighted by atomic mass is 32.1. The maximum Gasteiger partial charge on any atom is 0.268 e. The Balaban J connectivity index is 1.65. The molecule has 0 saturated heterocycles. The number of aryl methyl sites for hydroxylation is 3. The fraction of sp³-hybridized carbons (Fsp3) is 0.333. The second kappa shape index (κ2) is 5.81. The molecule has 0 bridgehead atoms. The van der Waals surface area contributed by atoms with Gasteiger partial charge in [0.15, 0.2) is 0 Å². The van der Waals surface area contributed by atoms with E-state index in [1.807, 2.05) is 28.8 Å². The van der Waals surface area contributed by atoms with Crippen molar-refractivity contribution in [1.82, 2.24) is 9.55 Å². The van der Waals surface area contributed by atoms with Crippen molar-refractivity contribution < 1.29 is 4.79 Å². The Kier molecular flexibility index (Phi) is 3.65. The first-order valence-electron chi connectivity index (χ1n) is 8.14. The van der Waals surface area contributed by atoms with Crippen molar-refractivity contribution in [2.45, 2.75) is 39.2 Å². The van der Waals surface area contributed by atoms with E-state index in [1.165, 1.54) is 23.3 Å². The van der Waals surface area contributed by atoms with Crippen LogP contribution >= 0.6 is 11.3 Å². The Morgan fingerprint density at radius 3 is 2.96 bits per heavy atom. The van der Waals surface area contributed by atoms with Crippen molar-refractivity contribution in [2.75, 3.05) is 5.32 Å². The number of hydrogen-bond donors (Lipinski definition) is 1. The van der Waals surface area contributed by atoms with Crippen molar-refractivity contribution >= 4 is 34.2 Å². The van der Waals surface area contributed by atoms with E-state index < -0.39 is 0 Å². The van der Waals surface area contributed by atoms with Crippen LogP contribution in [0.15, 0.2) is 30.3 Å². The topological polar surface area (TPSA) is 46.9 Å². The lowest BCUT2D eigenvalue weighted by Gasteiger charge is -2.08. The number of para-hydroxylation sites is 2. The molecule has 0 spiro atoms. The lowest BCUT2D eigenvalue weighted by molar-refractivity contribution is 0.102. The third-order valence-corrected chi connectivity index (χ3v) is 5.65. The molecule has 2 heterocycles. The molecule has 0 fully saturated rings. The molecule has 3 aromatic rings. The predicted molar refractivity (Wildman–Crippen MR) is 94.3 cm³/mol. The minimum Gasteiger partial charge on any atom is -0.310 e. The molecule has 2 aromatic heterocycles. The van der Waals surface area contributed by atoms with Gasteiger partial charge in [0.25, 0.3) is 5.91 Å². The molecule has 0 unspecified atom stereocenters. The number of carbonyl (C=O) groups excluding carboxylic acids is 1. The van der Waals surface area contributed by atoms with Crippen LogP contribution in [0.1, 0.15) is 39.9 Å². The van der Waals surface area contributed by atoms with E-state index in [1.54, 1.807) is 11.3 Å². The van der Waals surface area contributed by atoms with Crippen LogP contribution < -0.4 is 5.32 Å². The van der Waals surface area contributed by atoms with Gasteiger partial charge in [0.05, 0.1) is 15.9 Å². The Morgan fingerprint density at radius 1 is 1.30 bits per heavy atom. The summed E-state index contributed by atoms with van der Waals surface area (Å²) in [5.41, 5.74) is 3.32. The van der Waals surface area contributed by atoms with Crippen molar-refractivity contribution in [3.05, 3.63) is 45.6 Å². The number of anilines is 1. The molecule has 1 aromatic carbocycles. The molecule has 0 aliphatic heterocycles. The fourth-order valence-corrected chi connectivity index (χ4v) is 4.41. The van der Waals surface area contributed by atoms with E-state index in [-0.39, 0.29) is 5.91 Å². The molecule has 5 heteroatoms. The van der Waals surface area contributed by atoms with Gasteiger partial charge in [-0.2, -0.15) is 0 Å². The van der Waals surface area contributed by atoms with Crippen molar-refractivity contribution in [3.63, 3.8) is 0 Å². The molecule has 118 valence electrons. The molecule has 1 aliphatic rings. The van der Waals surface area contributed by atoms with Crippen LogP contribution in [0.25, 0.3) is 11.0 Å². The minimum absolute atomic E-state index is 0.0468. The van der Waals surface area contributed by atoms with E-state index in [0.717, 1.165) is 35.3 Å². The van der Waals surface area contributed by atoms with E-state index >= 15 is 0 Å².